The van der Waals surface area contributed by atoms with E-state index in [4.69, 9.17) is 0 Å². The molecule has 2 saturated heterocycles. The fourth-order valence-corrected chi connectivity index (χ4v) is 2.40. The molecule has 0 atom stereocenters. The minimum Gasteiger partial charge on any atom is -0.348 e. The molecule has 2 aliphatic rings. The van der Waals surface area contributed by atoms with Crippen LogP contribution in [-0.2, 0) is 9.59 Å². The van der Waals surface area contributed by atoms with Crippen LogP contribution in [0.1, 0.15) is 6.42 Å². The molecule has 2 rings (SSSR count). The van der Waals surface area contributed by atoms with Crippen LogP contribution in [-0.4, -0.2) is 86.4 Å². The summed E-state index contributed by atoms with van der Waals surface area (Å²) in [6, 6.07) is 0. The summed E-state index contributed by atoms with van der Waals surface area (Å²) >= 11 is 0. The van der Waals surface area contributed by atoms with Crippen molar-refractivity contribution in [3.8, 4) is 0 Å². The predicted molar refractivity (Wildman–Crippen MR) is 72.7 cm³/mol. The van der Waals surface area contributed by atoms with Gasteiger partial charge in [0.25, 0.3) is 0 Å². The zero-order valence-electron chi connectivity index (χ0n) is 11.9. The molecule has 0 aliphatic carbocycles. The Morgan fingerprint density at radius 2 is 1.89 bits per heavy atom. The van der Waals surface area contributed by atoms with Crippen LogP contribution in [0.3, 0.4) is 0 Å². The van der Waals surface area contributed by atoms with E-state index < -0.39 is 0 Å². The number of likely N-dealkylation sites (N-methyl/N-ethyl adjacent to an activating group) is 1. The monoisotopic (exact) mass is 268 g/mol. The third kappa shape index (κ3) is 3.67. The van der Waals surface area contributed by atoms with Crippen molar-refractivity contribution in [1.82, 2.24) is 20.0 Å². The van der Waals surface area contributed by atoms with E-state index in [2.05, 4.69) is 10.2 Å². The van der Waals surface area contributed by atoms with Gasteiger partial charge in [-0.15, -0.1) is 0 Å². The van der Waals surface area contributed by atoms with Crippen LogP contribution in [0.5, 0.6) is 0 Å². The summed E-state index contributed by atoms with van der Waals surface area (Å²) in [6.45, 7) is 5.35. The second kappa shape index (κ2) is 6.34. The standard InChI is InChI=1S/C13H24N4O2/c1-15(2)12(18)10-16-4-3-5-17(7-6-16)13(19)11-8-14-9-11/h11,14H,3-10H2,1-2H3. The molecule has 2 aliphatic heterocycles. The van der Waals surface area contributed by atoms with Crippen molar-refractivity contribution in [2.24, 2.45) is 5.92 Å². The van der Waals surface area contributed by atoms with Gasteiger partial charge in [-0.3, -0.25) is 14.5 Å². The number of carbonyl (C=O) groups excluding carboxylic acids is 2. The second-order valence-electron chi connectivity index (χ2n) is 5.60. The van der Waals surface area contributed by atoms with Crippen molar-refractivity contribution in [1.29, 1.82) is 0 Å². The Kier molecular flexibility index (Phi) is 4.76. The molecule has 0 radical (unpaired) electrons. The summed E-state index contributed by atoms with van der Waals surface area (Å²) in [5.41, 5.74) is 0. The van der Waals surface area contributed by atoms with Gasteiger partial charge in [-0.05, 0) is 6.42 Å². The SMILES string of the molecule is CN(C)C(=O)CN1CCCN(C(=O)C2CNC2)CC1. The van der Waals surface area contributed by atoms with E-state index in [1.165, 1.54) is 0 Å². The highest BCUT2D eigenvalue weighted by atomic mass is 16.2. The maximum Gasteiger partial charge on any atom is 0.236 e. The van der Waals surface area contributed by atoms with Crippen molar-refractivity contribution in [3.63, 3.8) is 0 Å². The summed E-state index contributed by atoms with van der Waals surface area (Å²) in [6.07, 6.45) is 0.951. The largest absolute Gasteiger partial charge is 0.348 e. The van der Waals surface area contributed by atoms with Gasteiger partial charge in [-0.2, -0.15) is 0 Å². The average molecular weight is 268 g/mol. The van der Waals surface area contributed by atoms with Crippen LogP contribution in [0.15, 0.2) is 0 Å². The first-order valence-electron chi connectivity index (χ1n) is 7.00. The Hall–Kier alpha value is -1.14. The second-order valence-corrected chi connectivity index (χ2v) is 5.60. The first-order chi connectivity index (χ1) is 9.08. The number of amides is 2. The van der Waals surface area contributed by atoms with E-state index in [1.807, 2.05) is 4.90 Å². The minimum absolute atomic E-state index is 0.128. The lowest BCUT2D eigenvalue weighted by Crippen LogP contribution is -2.52. The number of hydrogen-bond donors (Lipinski definition) is 1. The molecule has 6 nitrogen and oxygen atoms in total. The number of nitrogens with zero attached hydrogens (tertiary/aromatic N) is 3. The zero-order valence-corrected chi connectivity index (χ0v) is 11.9. The topological polar surface area (TPSA) is 55.9 Å². The third-order valence-corrected chi connectivity index (χ3v) is 3.89. The molecule has 108 valence electrons. The highest BCUT2D eigenvalue weighted by Gasteiger charge is 2.30. The van der Waals surface area contributed by atoms with E-state index >= 15 is 0 Å². The smallest absolute Gasteiger partial charge is 0.236 e. The van der Waals surface area contributed by atoms with Gasteiger partial charge in [0.15, 0.2) is 0 Å². The molecule has 0 aromatic carbocycles. The Labute approximate surface area is 114 Å². The molecule has 0 bridgehead atoms. The summed E-state index contributed by atoms with van der Waals surface area (Å²) in [4.78, 5) is 29.6. The lowest BCUT2D eigenvalue weighted by molar-refractivity contribution is -0.136. The first kappa shape index (κ1) is 14.3. The molecule has 2 amide bonds. The van der Waals surface area contributed by atoms with Crippen molar-refractivity contribution < 1.29 is 9.59 Å². The summed E-state index contributed by atoms with van der Waals surface area (Å²) < 4.78 is 0. The average Bonchev–Trinajstić information content (AvgIpc) is 2.52. The molecular formula is C13H24N4O2. The van der Waals surface area contributed by atoms with Gasteiger partial charge >= 0.3 is 0 Å². The third-order valence-electron chi connectivity index (χ3n) is 3.89. The highest BCUT2D eigenvalue weighted by Crippen LogP contribution is 2.11. The minimum atomic E-state index is 0.128. The van der Waals surface area contributed by atoms with Gasteiger partial charge in [0, 0.05) is 53.4 Å². The van der Waals surface area contributed by atoms with Gasteiger partial charge < -0.3 is 15.1 Å². The van der Waals surface area contributed by atoms with E-state index in [0.29, 0.717) is 6.54 Å². The molecular weight excluding hydrogens is 244 g/mol. The fourth-order valence-electron chi connectivity index (χ4n) is 2.40. The molecule has 0 saturated carbocycles. The summed E-state index contributed by atoms with van der Waals surface area (Å²) in [5.74, 6) is 0.581. The first-order valence-corrected chi connectivity index (χ1v) is 7.00. The maximum atomic E-state index is 12.2. The molecule has 0 spiro atoms. The van der Waals surface area contributed by atoms with Gasteiger partial charge in [-0.25, -0.2) is 0 Å². The molecule has 0 unspecified atom stereocenters. The molecule has 6 heteroatoms. The molecule has 0 aromatic rings. The quantitative estimate of drug-likeness (QED) is 0.701. The van der Waals surface area contributed by atoms with Crippen LogP contribution in [0.2, 0.25) is 0 Å². The Bertz CT molecular complexity index is 342. The predicted octanol–water partition coefficient (Wildman–Crippen LogP) is -1.17. The van der Waals surface area contributed by atoms with Crippen LogP contribution < -0.4 is 5.32 Å². The van der Waals surface area contributed by atoms with E-state index in [9.17, 15) is 9.59 Å². The summed E-state index contributed by atoms with van der Waals surface area (Å²) in [5, 5.41) is 3.14. The Morgan fingerprint density at radius 1 is 1.16 bits per heavy atom. The number of nitrogens with one attached hydrogen (secondary N) is 1. The maximum absolute atomic E-state index is 12.2. The Morgan fingerprint density at radius 3 is 2.47 bits per heavy atom. The van der Waals surface area contributed by atoms with Gasteiger partial charge in [0.2, 0.25) is 11.8 Å². The number of carbonyl (C=O) groups is 2. The van der Waals surface area contributed by atoms with Crippen molar-refractivity contribution >= 4 is 11.8 Å². The van der Waals surface area contributed by atoms with Crippen LogP contribution in [0.25, 0.3) is 0 Å². The van der Waals surface area contributed by atoms with Crippen molar-refractivity contribution in [2.45, 2.75) is 6.42 Å². The van der Waals surface area contributed by atoms with Gasteiger partial charge in [0.1, 0.15) is 0 Å². The molecule has 2 heterocycles. The lowest BCUT2D eigenvalue weighted by atomic mass is 10.0. The van der Waals surface area contributed by atoms with Crippen LogP contribution >= 0.6 is 0 Å². The van der Waals surface area contributed by atoms with E-state index in [-0.39, 0.29) is 17.7 Å². The van der Waals surface area contributed by atoms with Crippen molar-refractivity contribution in [2.75, 3.05) is 59.9 Å². The van der Waals surface area contributed by atoms with Crippen LogP contribution in [0.4, 0.5) is 0 Å². The van der Waals surface area contributed by atoms with E-state index in [1.54, 1.807) is 19.0 Å². The van der Waals surface area contributed by atoms with Gasteiger partial charge in [-0.1, -0.05) is 0 Å². The summed E-state index contributed by atoms with van der Waals surface area (Å²) in [7, 11) is 3.55. The molecule has 2 fully saturated rings. The molecule has 0 aromatic heterocycles. The molecule has 1 N–H and O–H groups in total. The Balaban J connectivity index is 1.80. The molecule has 19 heavy (non-hydrogen) atoms. The van der Waals surface area contributed by atoms with E-state index in [0.717, 1.165) is 45.7 Å². The van der Waals surface area contributed by atoms with Gasteiger partial charge in [0.05, 0.1) is 12.5 Å². The fraction of sp³-hybridized carbons (Fsp3) is 0.846. The van der Waals surface area contributed by atoms with Crippen LogP contribution in [0, 0.1) is 5.92 Å². The normalized spacial score (nSPS) is 21.7. The lowest BCUT2D eigenvalue weighted by Gasteiger charge is -2.31. The number of rotatable bonds is 3. The van der Waals surface area contributed by atoms with Crippen molar-refractivity contribution in [3.05, 3.63) is 0 Å². The zero-order chi connectivity index (χ0) is 13.8. The highest BCUT2D eigenvalue weighted by molar-refractivity contribution is 5.80. The number of hydrogen-bond acceptors (Lipinski definition) is 4.